The molecule has 5 nitrogen and oxygen atoms in total. The molecule has 1 aromatic heterocycles. The van der Waals surface area contributed by atoms with Crippen LogP contribution in [0.5, 0.6) is 0 Å². The Bertz CT molecular complexity index is 432. The highest BCUT2D eigenvalue weighted by Crippen LogP contribution is 2.16. The highest BCUT2D eigenvalue weighted by atomic mass is 16.2. The smallest absolute Gasteiger partial charge is 0.239 e. The van der Waals surface area contributed by atoms with Gasteiger partial charge in [-0.15, -0.1) is 0 Å². The maximum absolute atomic E-state index is 11.6. The minimum absolute atomic E-state index is 0.0753. The van der Waals surface area contributed by atoms with Gasteiger partial charge in [-0.2, -0.15) is 0 Å². The van der Waals surface area contributed by atoms with Crippen molar-refractivity contribution in [2.45, 2.75) is 32.7 Å². The molecule has 1 unspecified atom stereocenters. The molecule has 2 heterocycles. The van der Waals surface area contributed by atoms with E-state index >= 15 is 0 Å². The van der Waals surface area contributed by atoms with Crippen LogP contribution in [0.3, 0.4) is 0 Å². The van der Waals surface area contributed by atoms with E-state index in [9.17, 15) is 4.79 Å². The monoisotopic (exact) mass is 276 g/mol. The quantitative estimate of drug-likeness (QED) is 0.855. The van der Waals surface area contributed by atoms with Crippen molar-refractivity contribution < 1.29 is 4.79 Å². The summed E-state index contributed by atoms with van der Waals surface area (Å²) in [4.78, 5) is 18.1. The van der Waals surface area contributed by atoms with Crippen LogP contribution in [0.4, 0.5) is 5.82 Å². The summed E-state index contributed by atoms with van der Waals surface area (Å²) in [5, 5.41) is 6.33. The van der Waals surface area contributed by atoms with Gasteiger partial charge in [-0.1, -0.05) is 13.0 Å². The van der Waals surface area contributed by atoms with Crippen molar-refractivity contribution >= 4 is 11.7 Å². The van der Waals surface area contributed by atoms with Crippen molar-refractivity contribution in [1.29, 1.82) is 0 Å². The van der Waals surface area contributed by atoms with Crippen molar-refractivity contribution in [1.82, 2.24) is 15.6 Å². The first kappa shape index (κ1) is 14.8. The Balaban J connectivity index is 2.01. The summed E-state index contributed by atoms with van der Waals surface area (Å²) < 4.78 is 0. The zero-order chi connectivity index (χ0) is 14.4. The number of amides is 1. The molecule has 110 valence electrons. The third kappa shape index (κ3) is 3.93. The number of nitrogens with one attached hydrogen (secondary N) is 2. The second kappa shape index (κ2) is 7.24. The Kier molecular flexibility index (Phi) is 5.35. The zero-order valence-electron chi connectivity index (χ0n) is 12.4. The van der Waals surface area contributed by atoms with Gasteiger partial charge in [0.2, 0.25) is 5.91 Å². The minimum atomic E-state index is 0.0753. The van der Waals surface area contributed by atoms with Gasteiger partial charge in [0.1, 0.15) is 5.82 Å². The highest BCUT2D eigenvalue weighted by Gasteiger charge is 2.16. The van der Waals surface area contributed by atoms with E-state index in [0.29, 0.717) is 12.6 Å². The molecule has 1 fully saturated rings. The first-order valence-electron chi connectivity index (χ1n) is 7.41. The van der Waals surface area contributed by atoms with Gasteiger partial charge in [-0.3, -0.25) is 4.79 Å². The van der Waals surface area contributed by atoms with E-state index in [1.54, 1.807) is 0 Å². The molecule has 0 aromatic carbocycles. The number of hydrogen-bond donors (Lipinski definition) is 2. The van der Waals surface area contributed by atoms with Gasteiger partial charge >= 0.3 is 0 Å². The number of rotatable bonds is 5. The van der Waals surface area contributed by atoms with Gasteiger partial charge < -0.3 is 15.5 Å². The summed E-state index contributed by atoms with van der Waals surface area (Å²) >= 11 is 0. The molecule has 0 saturated carbocycles. The molecule has 1 aliphatic heterocycles. The van der Waals surface area contributed by atoms with Crippen LogP contribution in [0.2, 0.25) is 0 Å². The van der Waals surface area contributed by atoms with Crippen LogP contribution in [0.25, 0.3) is 0 Å². The summed E-state index contributed by atoms with van der Waals surface area (Å²) in [5.74, 6) is 0.958. The molecule has 1 amide bonds. The molecular formula is C15H24N4O. The van der Waals surface area contributed by atoms with Crippen LogP contribution in [0.15, 0.2) is 18.3 Å². The maximum atomic E-state index is 11.6. The molecule has 1 atom stereocenters. The maximum Gasteiger partial charge on any atom is 0.239 e. The fourth-order valence-electron chi connectivity index (χ4n) is 2.32. The fourth-order valence-corrected chi connectivity index (χ4v) is 2.32. The molecule has 2 N–H and O–H groups in total. The molecule has 2 rings (SSSR count). The molecule has 0 radical (unpaired) electrons. The Morgan fingerprint density at radius 1 is 1.50 bits per heavy atom. The zero-order valence-corrected chi connectivity index (χ0v) is 12.4. The molecule has 0 aliphatic carbocycles. The first-order chi connectivity index (χ1) is 9.70. The summed E-state index contributed by atoms with van der Waals surface area (Å²) in [6, 6.07) is 4.42. The number of anilines is 1. The van der Waals surface area contributed by atoms with E-state index in [-0.39, 0.29) is 5.91 Å². The molecule has 1 aromatic rings. The van der Waals surface area contributed by atoms with Gasteiger partial charge in [0.05, 0.1) is 6.54 Å². The minimum Gasteiger partial charge on any atom is -0.354 e. The Hall–Kier alpha value is -1.62. The van der Waals surface area contributed by atoms with Crippen molar-refractivity contribution in [2.75, 3.05) is 31.1 Å². The van der Waals surface area contributed by atoms with Crippen LogP contribution < -0.4 is 15.5 Å². The number of aromatic nitrogens is 1. The lowest BCUT2D eigenvalue weighted by Gasteiger charge is -2.21. The standard InChI is InChI=1S/C15H24N4O/c1-3-7-16-12(2)13-5-6-14(18-10-13)19-9-4-8-17-15(20)11-19/h5-6,10,12,16H,3-4,7-9,11H2,1-2H3,(H,17,20). The number of pyridine rings is 1. The Labute approximate surface area is 120 Å². The summed E-state index contributed by atoms with van der Waals surface area (Å²) in [7, 11) is 0. The average molecular weight is 276 g/mol. The largest absolute Gasteiger partial charge is 0.354 e. The van der Waals surface area contributed by atoms with Crippen molar-refractivity contribution in [2.24, 2.45) is 0 Å². The van der Waals surface area contributed by atoms with Crippen LogP contribution in [0.1, 0.15) is 38.3 Å². The highest BCUT2D eigenvalue weighted by molar-refractivity contribution is 5.81. The van der Waals surface area contributed by atoms with E-state index < -0.39 is 0 Å². The molecule has 1 saturated heterocycles. The molecule has 1 aliphatic rings. The first-order valence-corrected chi connectivity index (χ1v) is 7.41. The van der Waals surface area contributed by atoms with Gasteiger partial charge in [0.15, 0.2) is 0 Å². The van der Waals surface area contributed by atoms with Crippen molar-refractivity contribution in [3.05, 3.63) is 23.9 Å². The topological polar surface area (TPSA) is 57.3 Å². The second-order valence-corrected chi connectivity index (χ2v) is 5.25. The number of nitrogens with zero attached hydrogens (tertiary/aromatic N) is 2. The second-order valence-electron chi connectivity index (χ2n) is 5.25. The van der Waals surface area contributed by atoms with E-state index in [2.05, 4.69) is 35.5 Å². The van der Waals surface area contributed by atoms with E-state index in [0.717, 1.165) is 38.3 Å². The Morgan fingerprint density at radius 3 is 3.05 bits per heavy atom. The summed E-state index contributed by atoms with van der Waals surface area (Å²) in [6.45, 7) is 7.34. The van der Waals surface area contributed by atoms with Crippen LogP contribution in [0, 0.1) is 0 Å². The van der Waals surface area contributed by atoms with Crippen LogP contribution in [-0.2, 0) is 4.79 Å². The third-order valence-corrected chi connectivity index (χ3v) is 3.56. The fraction of sp³-hybridized carbons (Fsp3) is 0.600. The van der Waals surface area contributed by atoms with Crippen LogP contribution in [-0.4, -0.2) is 37.1 Å². The molecule has 20 heavy (non-hydrogen) atoms. The molecule has 0 spiro atoms. The normalized spacial score (nSPS) is 17.5. The average Bonchev–Trinajstić information content (AvgIpc) is 2.69. The number of carbonyl (C=O) groups is 1. The van der Waals surface area contributed by atoms with Gasteiger partial charge in [-0.05, 0) is 37.9 Å². The van der Waals surface area contributed by atoms with E-state index in [1.807, 2.05) is 17.2 Å². The predicted molar refractivity (Wildman–Crippen MR) is 80.8 cm³/mol. The Morgan fingerprint density at radius 2 is 2.35 bits per heavy atom. The van der Waals surface area contributed by atoms with Crippen LogP contribution >= 0.6 is 0 Å². The van der Waals surface area contributed by atoms with Gasteiger partial charge in [-0.25, -0.2) is 4.98 Å². The molecular weight excluding hydrogens is 252 g/mol. The lowest BCUT2D eigenvalue weighted by atomic mass is 10.1. The van der Waals surface area contributed by atoms with E-state index in [1.165, 1.54) is 5.56 Å². The van der Waals surface area contributed by atoms with Gasteiger partial charge in [0.25, 0.3) is 0 Å². The molecule has 0 bridgehead atoms. The van der Waals surface area contributed by atoms with Crippen molar-refractivity contribution in [3.63, 3.8) is 0 Å². The number of carbonyl (C=O) groups excluding carboxylic acids is 1. The van der Waals surface area contributed by atoms with E-state index in [4.69, 9.17) is 0 Å². The summed E-state index contributed by atoms with van der Waals surface area (Å²) in [6.07, 6.45) is 3.99. The third-order valence-electron chi connectivity index (χ3n) is 3.56. The van der Waals surface area contributed by atoms with Gasteiger partial charge in [0, 0.05) is 25.3 Å². The van der Waals surface area contributed by atoms with Crippen molar-refractivity contribution in [3.8, 4) is 0 Å². The lowest BCUT2D eigenvalue weighted by molar-refractivity contribution is -0.119. The predicted octanol–water partition coefficient (Wildman–Crippen LogP) is 1.47. The molecule has 5 heteroatoms. The number of hydrogen-bond acceptors (Lipinski definition) is 4. The lowest BCUT2D eigenvalue weighted by Crippen LogP contribution is -2.33. The SMILES string of the molecule is CCCNC(C)c1ccc(N2CCCNC(=O)C2)nc1. The summed E-state index contributed by atoms with van der Waals surface area (Å²) in [5.41, 5.74) is 1.18.